The predicted molar refractivity (Wildman–Crippen MR) is 51.7 cm³/mol. The molecule has 1 heterocycles. The minimum Gasteiger partial charge on any atom is -0.392 e. The highest BCUT2D eigenvalue weighted by molar-refractivity contribution is 5.13. The van der Waals surface area contributed by atoms with Crippen LogP contribution >= 0.6 is 0 Å². The Labute approximate surface area is 91.3 Å². The van der Waals surface area contributed by atoms with Crippen LogP contribution in [-0.4, -0.2) is 21.4 Å². The van der Waals surface area contributed by atoms with E-state index in [0.717, 1.165) is 6.07 Å². The van der Waals surface area contributed by atoms with Gasteiger partial charge in [0, 0.05) is 5.92 Å². The molecule has 1 N–H and O–H groups in total. The van der Waals surface area contributed by atoms with E-state index in [9.17, 15) is 18.3 Å². The van der Waals surface area contributed by atoms with Gasteiger partial charge in [-0.15, -0.1) is 5.10 Å². The second-order valence-electron chi connectivity index (χ2n) is 3.61. The molecule has 6 heteroatoms. The van der Waals surface area contributed by atoms with Gasteiger partial charge in [-0.1, -0.05) is 13.8 Å². The van der Waals surface area contributed by atoms with Crippen LogP contribution < -0.4 is 0 Å². The average molecular weight is 234 g/mol. The number of hydrogen-bond donors (Lipinski definition) is 1. The quantitative estimate of drug-likeness (QED) is 0.873. The van der Waals surface area contributed by atoms with Gasteiger partial charge in [-0.05, 0) is 18.6 Å². The van der Waals surface area contributed by atoms with E-state index in [1.54, 1.807) is 13.8 Å². The van der Waals surface area contributed by atoms with Gasteiger partial charge in [-0.2, -0.15) is 18.3 Å². The van der Waals surface area contributed by atoms with Crippen molar-refractivity contribution in [3.05, 3.63) is 23.5 Å². The Bertz CT molecular complexity index is 337. The fourth-order valence-corrected chi connectivity index (χ4v) is 1.29. The second kappa shape index (κ2) is 4.78. The first-order valence-corrected chi connectivity index (χ1v) is 4.95. The largest absolute Gasteiger partial charge is 0.435 e. The van der Waals surface area contributed by atoms with Crippen molar-refractivity contribution in [3.8, 4) is 0 Å². The molecule has 0 aliphatic heterocycles. The van der Waals surface area contributed by atoms with Gasteiger partial charge in [0.2, 0.25) is 0 Å². The zero-order chi connectivity index (χ0) is 12.3. The summed E-state index contributed by atoms with van der Waals surface area (Å²) in [5, 5.41) is 16.1. The molecule has 0 aromatic carbocycles. The van der Waals surface area contributed by atoms with Crippen molar-refractivity contribution in [1.82, 2.24) is 10.2 Å². The molecule has 1 aromatic rings. The van der Waals surface area contributed by atoms with E-state index < -0.39 is 18.0 Å². The van der Waals surface area contributed by atoms with Gasteiger partial charge in [-0.25, -0.2) is 0 Å². The maximum atomic E-state index is 12.2. The lowest BCUT2D eigenvalue weighted by atomic mass is 9.99. The van der Waals surface area contributed by atoms with Crippen LogP contribution in [0.4, 0.5) is 13.2 Å². The van der Waals surface area contributed by atoms with E-state index >= 15 is 0 Å². The molecule has 1 aromatic heterocycles. The summed E-state index contributed by atoms with van der Waals surface area (Å²) in [7, 11) is 0. The highest BCUT2D eigenvalue weighted by Gasteiger charge is 2.33. The molecule has 0 saturated carbocycles. The van der Waals surface area contributed by atoms with Crippen LogP contribution in [0, 0.1) is 0 Å². The Hall–Kier alpha value is -1.17. The highest BCUT2D eigenvalue weighted by atomic mass is 19.4. The molecule has 2 atom stereocenters. The van der Waals surface area contributed by atoms with Gasteiger partial charge in [0.15, 0.2) is 5.69 Å². The maximum absolute atomic E-state index is 12.2. The molecule has 0 aliphatic rings. The second-order valence-corrected chi connectivity index (χ2v) is 3.61. The van der Waals surface area contributed by atoms with Crippen LogP contribution in [0.2, 0.25) is 0 Å². The Morgan fingerprint density at radius 1 is 1.31 bits per heavy atom. The first-order chi connectivity index (χ1) is 7.36. The van der Waals surface area contributed by atoms with Crippen LogP contribution in [0.25, 0.3) is 0 Å². The van der Waals surface area contributed by atoms with Gasteiger partial charge < -0.3 is 5.11 Å². The number of alkyl halides is 3. The van der Waals surface area contributed by atoms with Crippen LogP contribution in [0.3, 0.4) is 0 Å². The van der Waals surface area contributed by atoms with E-state index in [4.69, 9.17) is 0 Å². The maximum Gasteiger partial charge on any atom is 0.435 e. The van der Waals surface area contributed by atoms with Crippen molar-refractivity contribution in [3.63, 3.8) is 0 Å². The topological polar surface area (TPSA) is 46.0 Å². The zero-order valence-corrected chi connectivity index (χ0v) is 8.99. The summed E-state index contributed by atoms with van der Waals surface area (Å²) >= 11 is 0. The number of halogens is 3. The van der Waals surface area contributed by atoms with Crippen LogP contribution in [0.5, 0.6) is 0 Å². The number of aliphatic hydroxyl groups is 1. The van der Waals surface area contributed by atoms with E-state index in [1.807, 2.05) is 0 Å². The summed E-state index contributed by atoms with van der Waals surface area (Å²) in [6.07, 6.45) is -4.58. The van der Waals surface area contributed by atoms with Crippen molar-refractivity contribution < 1.29 is 18.3 Å². The van der Waals surface area contributed by atoms with Gasteiger partial charge >= 0.3 is 6.18 Å². The minimum atomic E-state index is -4.47. The van der Waals surface area contributed by atoms with E-state index in [-0.39, 0.29) is 5.92 Å². The van der Waals surface area contributed by atoms with Gasteiger partial charge in [-0.3, -0.25) is 0 Å². The van der Waals surface area contributed by atoms with Gasteiger partial charge in [0.05, 0.1) is 11.8 Å². The normalized spacial score (nSPS) is 15.9. The third-order valence-corrected chi connectivity index (χ3v) is 2.44. The Kier molecular flexibility index (Phi) is 3.85. The molecule has 0 radical (unpaired) electrons. The number of aliphatic hydroxyl groups excluding tert-OH is 1. The molecule has 90 valence electrons. The molecule has 0 spiro atoms. The zero-order valence-electron chi connectivity index (χ0n) is 8.99. The van der Waals surface area contributed by atoms with Crippen molar-refractivity contribution >= 4 is 0 Å². The van der Waals surface area contributed by atoms with E-state index in [0.29, 0.717) is 12.1 Å². The average Bonchev–Trinajstić information content (AvgIpc) is 2.26. The molecule has 0 saturated heterocycles. The van der Waals surface area contributed by atoms with Crippen LogP contribution in [-0.2, 0) is 6.18 Å². The first-order valence-electron chi connectivity index (χ1n) is 4.95. The fraction of sp³-hybridized carbons (Fsp3) is 0.600. The van der Waals surface area contributed by atoms with Gasteiger partial charge in [0.1, 0.15) is 0 Å². The van der Waals surface area contributed by atoms with Crippen LogP contribution in [0.15, 0.2) is 12.1 Å². The summed E-state index contributed by atoms with van der Waals surface area (Å²) in [4.78, 5) is 0. The van der Waals surface area contributed by atoms with E-state index in [1.165, 1.54) is 6.07 Å². The minimum absolute atomic E-state index is 0.320. The number of rotatable bonds is 3. The summed E-state index contributed by atoms with van der Waals surface area (Å²) < 4.78 is 36.6. The summed E-state index contributed by atoms with van der Waals surface area (Å²) in [5.41, 5.74) is -0.656. The smallest absolute Gasteiger partial charge is 0.392 e. The third kappa shape index (κ3) is 2.91. The molecule has 0 amide bonds. The lowest BCUT2D eigenvalue weighted by molar-refractivity contribution is -0.141. The number of nitrogens with zero attached hydrogens (tertiary/aromatic N) is 2. The van der Waals surface area contributed by atoms with Crippen LogP contribution in [0.1, 0.15) is 37.6 Å². The molecule has 0 fully saturated rings. The standard InChI is InChI=1S/C10H13F3N2O/c1-3-8(16)6(2)7-4-5-9(15-14-7)10(11,12)13/h4-6,8,16H,3H2,1-2H3. The monoisotopic (exact) mass is 234 g/mol. The van der Waals surface area contributed by atoms with E-state index in [2.05, 4.69) is 10.2 Å². The lowest BCUT2D eigenvalue weighted by Crippen LogP contribution is -2.17. The SMILES string of the molecule is CCC(O)C(C)c1ccc(C(F)(F)F)nn1. The van der Waals surface area contributed by atoms with Crippen molar-refractivity contribution in [2.75, 3.05) is 0 Å². The Balaban J connectivity index is 2.87. The van der Waals surface area contributed by atoms with Crippen molar-refractivity contribution in [2.24, 2.45) is 0 Å². The summed E-state index contributed by atoms with van der Waals surface area (Å²) in [6.45, 7) is 3.49. The van der Waals surface area contributed by atoms with Crippen molar-refractivity contribution in [2.45, 2.75) is 38.5 Å². The summed E-state index contributed by atoms with van der Waals surface area (Å²) in [5.74, 6) is -0.320. The fourth-order valence-electron chi connectivity index (χ4n) is 1.29. The molecule has 16 heavy (non-hydrogen) atoms. The first kappa shape index (κ1) is 12.9. The predicted octanol–water partition coefficient (Wildman–Crippen LogP) is 2.37. The molecular weight excluding hydrogens is 221 g/mol. The molecule has 0 bridgehead atoms. The molecular formula is C10H13F3N2O. The Morgan fingerprint density at radius 2 is 1.94 bits per heavy atom. The third-order valence-electron chi connectivity index (χ3n) is 2.44. The number of aromatic nitrogens is 2. The molecule has 0 aliphatic carbocycles. The molecule has 3 nitrogen and oxygen atoms in total. The summed E-state index contributed by atoms with van der Waals surface area (Å²) in [6, 6.07) is 2.13. The van der Waals surface area contributed by atoms with Crippen molar-refractivity contribution in [1.29, 1.82) is 0 Å². The molecule has 1 rings (SSSR count). The highest BCUT2D eigenvalue weighted by Crippen LogP contribution is 2.27. The lowest BCUT2D eigenvalue weighted by Gasteiger charge is -2.16. The van der Waals surface area contributed by atoms with Gasteiger partial charge in [0.25, 0.3) is 0 Å². The Morgan fingerprint density at radius 3 is 2.31 bits per heavy atom. The number of hydrogen-bond acceptors (Lipinski definition) is 3. The molecule has 2 unspecified atom stereocenters.